The van der Waals surface area contributed by atoms with Gasteiger partial charge in [0.05, 0.1) is 5.69 Å². The van der Waals surface area contributed by atoms with Crippen molar-refractivity contribution in [3.8, 4) is 0 Å². The Kier molecular flexibility index (Phi) is 2.69. The summed E-state index contributed by atoms with van der Waals surface area (Å²) in [6.45, 7) is 8.13. The SMILES string of the molecule is Cc1nc(CC(C)(C)C)ccc1F. The highest BCUT2D eigenvalue weighted by molar-refractivity contribution is 5.13. The molecule has 0 fully saturated rings. The van der Waals surface area contributed by atoms with E-state index in [0.717, 1.165) is 12.1 Å². The van der Waals surface area contributed by atoms with E-state index >= 15 is 0 Å². The first-order valence-corrected chi connectivity index (χ1v) is 4.50. The Labute approximate surface area is 79.0 Å². The number of hydrogen-bond acceptors (Lipinski definition) is 1. The van der Waals surface area contributed by atoms with Gasteiger partial charge in [0.25, 0.3) is 0 Å². The van der Waals surface area contributed by atoms with Crippen LogP contribution in [0.1, 0.15) is 32.2 Å². The molecule has 0 saturated carbocycles. The van der Waals surface area contributed by atoms with Crippen LogP contribution in [0.15, 0.2) is 12.1 Å². The zero-order valence-corrected chi connectivity index (χ0v) is 8.69. The first kappa shape index (κ1) is 10.2. The number of halogens is 1. The molecule has 1 nitrogen and oxygen atoms in total. The average molecular weight is 181 g/mol. The number of pyridine rings is 1. The van der Waals surface area contributed by atoms with Gasteiger partial charge in [-0.15, -0.1) is 0 Å². The van der Waals surface area contributed by atoms with Crippen LogP contribution in [0.25, 0.3) is 0 Å². The lowest BCUT2D eigenvalue weighted by Gasteiger charge is -2.17. The molecule has 0 saturated heterocycles. The Morgan fingerprint density at radius 2 is 1.92 bits per heavy atom. The maximum Gasteiger partial charge on any atom is 0.144 e. The third-order valence-corrected chi connectivity index (χ3v) is 1.79. The predicted molar refractivity (Wildman–Crippen MR) is 52.1 cm³/mol. The van der Waals surface area contributed by atoms with E-state index in [9.17, 15) is 4.39 Å². The Morgan fingerprint density at radius 3 is 2.38 bits per heavy atom. The smallest absolute Gasteiger partial charge is 0.144 e. The molecule has 0 aliphatic heterocycles. The maximum atomic E-state index is 12.9. The highest BCUT2D eigenvalue weighted by Gasteiger charge is 2.12. The van der Waals surface area contributed by atoms with E-state index in [1.807, 2.05) is 0 Å². The van der Waals surface area contributed by atoms with Crippen LogP contribution in [0.5, 0.6) is 0 Å². The van der Waals surface area contributed by atoms with Crippen molar-refractivity contribution in [1.29, 1.82) is 0 Å². The van der Waals surface area contributed by atoms with E-state index in [2.05, 4.69) is 25.8 Å². The molecule has 0 aromatic carbocycles. The fourth-order valence-electron chi connectivity index (χ4n) is 1.24. The van der Waals surface area contributed by atoms with Crippen molar-refractivity contribution in [1.82, 2.24) is 4.98 Å². The van der Waals surface area contributed by atoms with Crippen LogP contribution in [0, 0.1) is 18.2 Å². The lowest BCUT2D eigenvalue weighted by atomic mass is 9.90. The van der Waals surface area contributed by atoms with Gasteiger partial charge in [0.15, 0.2) is 0 Å². The number of hydrogen-bond donors (Lipinski definition) is 0. The van der Waals surface area contributed by atoms with E-state index in [1.165, 1.54) is 6.07 Å². The Balaban J connectivity index is 2.86. The van der Waals surface area contributed by atoms with Gasteiger partial charge in [-0.2, -0.15) is 0 Å². The second-order valence-corrected chi connectivity index (χ2v) is 4.61. The molecule has 0 N–H and O–H groups in total. The Bertz CT molecular complexity index is 299. The van der Waals surface area contributed by atoms with Crippen LogP contribution in [0.4, 0.5) is 4.39 Å². The summed E-state index contributed by atoms with van der Waals surface area (Å²) in [7, 11) is 0. The van der Waals surface area contributed by atoms with Gasteiger partial charge in [-0.3, -0.25) is 4.98 Å². The Hall–Kier alpha value is -0.920. The monoisotopic (exact) mass is 181 g/mol. The summed E-state index contributed by atoms with van der Waals surface area (Å²) < 4.78 is 12.9. The highest BCUT2D eigenvalue weighted by Crippen LogP contribution is 2.19. The van der Waals surface area contributed by atoms with Gasteiger partial charge in [-0.05, 0) is 30.9 Å². The summed E-state index contributed by atoms with van der Waals surface area (Å²) in [5.74, 6) is -0.224. The molecule has 72 valence electrons. The third-order valence-electron chi connectivity index (χ3n) is 1.79. The van der Waals surface area contributed by atoms with Crippen molar-refractivity contribution in [3.05, 3.63) is 29.3 Å². The van der Waals surface area contributed by atoms with Gasteiger partial charge in [-0.25, -0.2) is 4.39 Å². The molecule has 2 heteroatoms. The first-order chi connectivity index (χ1) is 5.88. The van der Waals surface area contributed by atoms with E-state index < -0.39 is 0 Å². The molecule has 0 radical (unpaired) electrons. The van der Waals surface area contributed by atoms with Crippen molar-refractivity contribution in [2.45, 2.75) is 34.1 Å². The standard InChI is InChI=1S/C11H16FN/c1-8-10(12)6-5-9(13-8)7-11(2,3)4/h5-6H,7H2,1-4H3. The van der Waals surface area contributed by atoms with Gasteiger partial charge >= 0.3 is 0 Å². The number of nitrogens with zero attached hydrogens (tertiary/aromatic N) is 1. The van der Waals surface area contributed by atoms with Crippen LogP contribution in [-0.4, -0.2) is 4.98 Å². The summed E-state index contributed by atoms with van der Waals surface area (Å²) in [6, 6.07) is 3.25. The van der Waals surface area contributed by atoms with Crippen LogP contribution in [-0.2, 0) is 6.42 Å². The molecule has 0 aliphatic rings. The highest BCUT2D eigenvalue weighted by atomic mass is 19.1. The topological polar surface area (TPSA) is 12.9 Å². The van der Waals surface area contributed by atoms with Crippen molar-refractivity contribution in [3.63, 3.8) is 0 Å². The van der Waals surface area contributed by atoms with Crippen molar-refractivity contribution >= 4 is 0 Å². The van der Waals surface area contributed by atoms with Gasteiger partial charge in [0.1, 0.15) is 5.82 Å². The van der Waals surface area contributed by atoms with E-state index in [1.54, 1.807) is 13.0 Å². The zero-order chi connectivity index (χ0) is 10.1. The third kappa shape index (κ3) is 3.13. The molecule has 0 amide bonds. The molecule has 1 aromatic heterocycles. The molecular formula is C11H16FN. The van der Waals surface area contributed by atoms with E-state index in [0.29, 0.717) is 5.69 Å². The largest absolute Gasteiger partial charge is 0.255 e. The van der Waals surface area contributed by atoms with Gasteiger partial charge in [-0.1, -0.05) is 20.8 Å². The molecule has 0 atom stereocenters. The normalized spacial score (nSPS) is 11.8. The molecule has 0 unspecified atom stereocenters. The van der Waals surface area contributed by atoms with Crippen LogP contribution < -0.4 is 0 Å². The van der Waals surface area contributed by atoms with E-state index in [4.69, 9.17) is 0 Å². The van der Waals surface area contributed by atoms with Crippen molar-refractivity contribution < 1.29 is 4.39 Å². The predicted octanol–water partition coefficient (Wildman–Crippen LogP) is 3.12. The fraction of sp³-hybridized carbons (Fsp3) is 0.545. The number of aromatic nitrogens is 1. The molecule has 13 heavy (non-hydrogen) atoms. The summed E-state index contributed by atoms with van der Waals surface area (Å²) in [6.07, 6.45) is 0.883. The second-order valence-electron chi connectivity index (χ2n) is 4.61. The van der Waals surface area contributed by atoms with Crippen LogP contribution in [0.2, 0.25) is 0 Å². The molecule has 0 spiro atoms. The first-order valence-electron chi connectivity index (χ1n) is 4.50. The maximum absolute atomic E-state index is 12.9. The summed E-state index contributed by atoms with van der Waals surface area (Å²) in [5.41, 5.74) is 1.66. The molecule has 1 heterocycles. The number of rotatable bonds is 1. The lowest BCUT2D eigenvalue weighted by Crippen LogP contribution is -2.11. The quantitative estimate of drug-likeness (QED) is 0.648. The fourth-order valence-corrected chi connectivity index (χ4v) is 1.24. The summed E-state index contributed by atoms with van der Waals surface area (Å²) >= 11 is 0. The van der Waals surface area contributed by atoms with Gasteiger partial charge in [0, 0.05) is 5.69 Å². The second kappa shape index (κ2) is 3.44. The molecular weight excluding hydrogens is 165 g/mol. The van der Waals surface area contributed by atoms with Crippen LogP contribution >= 0.6 is 0 Å². The van der Waals surface area contributed by atoms with Crippen LogP contribution in [0.3, 0.4) is 0 Å². The van der Waals surface area contributed by atoms with E-state index in [-0.39, 0.29) is 11.2 Å². The number of aryl methyl sites for hydroxylation is 1. The van der Waals surface area contributed by atoms with Crippen molar-refractivity contribution in [2.24, 2.45) is 5.41 Å². The summed E-state index contributed by atoms with van der Waals surface area (Å²) in [4.78, 5) is 4.18. The zero-order valence-electron chi connectivity index (χ0n) is 8.69. The minimum absolute atomic E-state index is 0.206. The summed E-state index contributed by atoms with van der Waals surface area (Å²) in [5, 5.41) is 0. The van der Waals surface area contributed by atoms with Gasteiger partial charge in [0.2, 0.25) is 0 Å². The molecule has 0 bridgehead atoms. The minimum Gasteiger partial charge on any atom is -0.255 e. The molecule has 1 rings (SSSR count). The lowest BCUT2D eigenvalue weighted by molar-refractivity contribution is 0.405. The molecule has 0 aliphatic carbocycles. The average Bonchev–Trinajstić information content (AvgIpc) is 1.94. The Morgan fingerprint density at radius 1 is 1.31 bits per heavy atom. The minimum atomic E-state index is -0.224. The van der Waals surface area contributed by atoms with Crippen molar-refractivity contribution in [2.75, 3.05) is 0 Å². The molecule has 1 aromatic rings. The van der Waals surface area contributed by atoms with Gasteiger partial charge < -0.3 is 0 Å².